The number of hydrogen-bond donors (Lipinski definition) is 0. The SMILES string of the molecule is Cc1cccc(-c2ccc(-c3cccc(-c4ccccc4C)c3)cc2)c1. The Morgan fingerprint density at radius 2 is 1.00 bits per heavy atom. The maximum Gasteiger partial charge on any atom is -0.0155 e. The lowest BCUT2D eigenvalue weighted by molar-refractivity contribution is 1.45. The minimum absolute atomic E-state index is 1.25. The molecule has 126 valence electrons. The van der Waals surface area contributed by atoms with Crippen molar-refractivity contribution in [3.8, 4) is 33.4 Å². The van der Waals surface area contributed by atoms with Gasteiger partial charge in [-0.15, -0.1) is 0 Å². The second-order valence-electron chi connectivity index (χ2n) is 6.84. The van der Waals surface area contributed by atoms with Crippen LogP contribution in [-0.4, -0.2) is 0 Å². The maximum absolute atomic E-state index is 2.28. The highest BCUT2D eigenvalue weighted by Gasteiger charge is 2.05. The van der Waals surface area contributed by atoms with Crippen LogP contribution in [0.4, 0.5) is 0 Å². The van der Waals surface area contributed by atoms with Crippen LogP contribution in [0.25, 0.3) is 33.4 Å². The summed E-state index contributed by atoms with van der Waals surface area (Å²) < 4.78 is 0. The molecule has 0 fully saturated rings. The minimum Gasteiger partial charge on any atom is -0.0620 e. The van der Waals surface area contributed by atoms with Gasteiger partial charge in [0.2, 0.25) is 0 Å². The molecular weight excluding hydrogens is 312 g/mol. The lowest BCUT2D eigenvalue weighted by Gasteiger charge is -2.09. The van der Waals surface area contributed by atoms with Crippen molar-refractivity contribution < 1.29 is 0 Å². The summed E-state index contributed by atoms with van der Waals surface area (Å²) in [6.07, 6.45) is 0. The standard InChI is InChI=1S/C26H22/c1-19-7-5-9-23(17-19)21-13-15-22(16-14-21)24-10-6-11-25(18-24)26-12-4-3-8-20(26)2/h3-18H,1-2H3. The fraction of sp³-hybridized carbons (Fsp3) is 0.0769. The van der Waals surface area contributed by atoms with Crippen LogP contribution in [0.1, 0.15) is 11.1 Å². The topological polar surface area (TPSA) is 0 Å². The summed E-state index contributed by atoms with van der Waals surface area (Å²) in [5.41, 5.74) is 10.2. The van der Waals surface area contributed by atoms with E-state index in [4.69, 9.17) is 0 Å². The maximum atomic E-state index is 2.28. The average Bonchev–Trinajstić information content (AvgIpc) is 2.69. The molecule has 4 aromatic carbocycles. The Kier molecular flexibility index (Phi) is 4.41. The average molecular weight is 334 g/mol. The molecule has 0 saturated carbocycles. The van der Waals surface area contributed by atoms with E-state index in [1.54, 1.807) is 0 Å². The van der Waals surface area contributed by atoms with Gasteiger partial charge in [-0.1, -0.05) is 96.6 Å². The first-order valence-electron chi connectivity index (χ1n) is 9.04. The van der Waals surface area contributed by atoms with Gasteiger partial charge in [0, 0.05) is 0 Å². The van der Waals surface area contributed by atoms with E-state index < -0.39 is 0 Å². The third kappa shape index (κ3) is 3.32. The number of aryl methyl sites for hydroxylation is 2. The van der Waals surface area contributed by atoms with Crippen molar-refractivity contribution in [3.05, 3.63) is 108 Å². The van der Waals surface area contributed by atoms with Crippen molar-refractivity contribution in [3.63, 3.8) is 0 Å². The van der Waals surface area contributed by atoms with Crippen LogP contribution in [0.2, 0.25) is 0 Å². The molecule has 4 rings (SSSR count). The van der Waals surface area contributed by atoms with Gasteiger partial charge in [0.25, 0.3) is 0 Å². The van der Waals surface area contributed by atoms with E-state index in [9.17, 15) is 0 Å². The molecule has 26 heavy (non-hydrogen) atoms. The molecule has 0 aromatic heterocycles. The molecule has 0 amide bonds. The summed E-state index contributed by atoms with van der Waals surface area (Å²) in [4.78, 5) is 0. The van der Waals surface area contributed by atoms with Crippen LogP contribution in [0, 0.1) is 13.8 Å². The van der Waals surface area contributed by atoms with Crippen LogP contribution < -0.4 is 0 Å². The van der Waals surface area contributed by atoms with E-state index >= 15 is 0 Å². The van der Waals surface area contributed by atoms with Gasteiger partial charge in [0.15, 0.2) is 0 Å². The summed E-state index contributed by atoms with van der Waals surface area (Å²) in [5, 5.41) is 0. The highest BCUT2D eigenvalue weighted by Crippen LogP contribution is 2.30. The van der Waals surface area contributed by atoms with E-state index in [-0.39, 0.29) is 0 Å². The fourth-order valence-corrected chi connectivity index (χ4v) is 3.44. The van der Waals surface area contributed by atoms with Crippen molar-refractivity contribution in [1.29, 1.82) is 0 Å². The van der Waals surface area contributed by atoms with Crippen molar-refractivity contribution in [2.24, 2.45) is 0 Å². The fourth-order valence-electron chi connectivity index (χ4n) is 3.44. The molecule has 0 aliphatic rings. The molecule has 0 heterocycles. The monoisotopic (exact) mass is 334 g/mol. The Labute approximate surface area is 155 Å². The Hall–Kier alpha value is -3.12. The highest BCUT2D eigenvalue weighted by atomic mass is 14.1. The Morgan fingerprint density at radius 3 is 1.65 bits per heavy atom. The van der Waals surface area contributed by atoms with Crippen LogP contribution in [-0.2, 0) is 0 Å². The molecule has 4 aromatic rings. The molecule has 0 atom stereocenters. The predicted molar refractivity (Wildman–Crippen MR) is 112 cm³/mol. The first kappa shape index (κ1) is 16.4. The zero-order valence-electron chi connectivity index (χ0n) is 15.2. The van der Waals surface area contributed by atoms with Gasteiger partial charge in [0.1, 0.15) is 0 Å². The summed E-state index contributed by atoms with van der Waals surface area (Å²) in [6, 6.07) is 34.9. The minimum atomic E-state index is 1.25. The van der Waals surface area contributed by atoms with Crippen molar-refractivity contribution in [2.45, 2.75) is 13.8 Å². The van der Waals surface area contributed by atoms with Crippen molar-refractivity contribution >= 4 is 0 Å². The van der Waals surface area contributed by atoms with Crippen molar-refractivity contribution in [1.82, 2.24) is 0 Å². The lowest BCUT2D eigenvalue weighted by Crippen LogP contribution is -1.85. The third-order valence-corrected chi connectivity index (χ3v) is 4.89. The Morgan fingerprint density at radius 1 is 0.423 bits per heavy atom. The van der Waals surface area contributed by atoms with Gasteiger partial charge in [0.05, 0.1) is 0 Å². The molecule has 0 heteroatoms. The van der Waals surface area contributed by atoms with Gasteiger partial charge in [-0.05, 0) is 58.9 Å². The highest BCUT2D eigenvalue weighted by molar-refractivity contribution is 5.76. The number of rotatable bonds is 3. The molecule has 0 spiro atoms. The zero-order chi connectivity index (χ0) is 17.9. The quantitative estimate of drug-likeness (QED) is 0.368. The Balaban J connectivity index is 1.68. The predicted octanol–water partition coefficient (Wildman–Crippen LogP) is 7.30. The summed E-state index contributed by atoms with van der Waals surface area (Å²) in [7, 11) is 0. The molecule has 0 N–H and O–H groups in total. The van der Waals surface area contributed by atoms with E-state index in [0.29, 0.717) is 0 Å². The van der Waals surface area contributed by atoms with Gasteiger partial charge < -0.3 is 0 Å². The van der Waals surface area contributed by atoms with Crippen LogP contribution in [0.5, 0.6) is 0 Å². The zero-order valence-corrected chi connectivity index (χ0v) is 15.2. The van der Waals surface area contributed by atoms with Gasteiger partial charge >= 0.3 is 0 Å². The van der Waals surface area contributed by atoms with Crippen molar-refractivity contribution in [2.75, 3.05) is 0 Å². The molecule has 0 unspecified atom stereocenters. The molecule has 0 aliphatic heterocycles. The molecule has 0 nitrogen and oxygen atoms in total. The smallest absolute Gasteiger partial charge is 0.0155 e. The molecule has 0 saturated heterocycles. The first-order chi connectivity index (χ1) is 12.7. The van der Waals surface area contributed by atoms with Crippen LogP contribution in [0.15, 0.2) is 97.1 Å². The largest absolute Gasteiger partial charge is 0.0620 e. The second kappa shape index (κ2) is 7.01. The lowest BCUT2D eigenvalue weighted by atomic mass is 9.95. The number of benzene rings is 4. The summed E-state index contributed by atoms with van der Waals surface area (Å²) >= 11 is 0. The first-order valence-corrected chi connectivity index (χ1v) is 9.04. The molecule has 0 radical (unpaired) electrons. The van der Waals surface area contributed by atoms with E-state index in [2.05, 4.69) is 111 Å². The second-order valence-corrected chi connectivity index (χ2v) is 6.84. The molecule has 0 bridgehead atoms. The van der Waals surface area contributed by atoms with E-state index in [0.717, 1.165) is 0 Å². The van der Waals surface area contributed by atoms with Crippen LogP contribution >= 0.6 is 0 Å². The molecule has 0 aliphatic carbocycles. The number of hydrogen-bond acceptors (Lipinski definition) is 0. The van der Waals surface area contributed by atoms with E-state index in [1.165, 1.54) is 44.5 Å². The Bertz CT molecular complexity index is 1040. The van der Waals surface area contributed by atoms with Crippen LogP contribution in [0.3, 0.4) is 0 Å². The third-order valence-electron chi connectivity index (χ3n) is 4.89. The van der Waals surface area contributed by atoms with E-state index in [1.807, 2.05) is 0 Å². The van der Waals surface area contributed by atoms with Gasteiger partial charge in [-0.2, -0.15) is 0 Å². The molecular formula is C26H22. The van der Waals surface area contributed by atoms with Gasteiger partial charge in [-0.25, -0.2) is 0 Å². The normalized spacial score (nSPS) is 10.7. The van der Waals surface area contributed by atoms with Gasteiger partial charge in [-0.3, -0.25) is 0 Å². The summed E-state index contributed by atoms with van der Waals surface area (Å²) in [5.74, 6) is 0. The summed E-state index contributed by atoms with van der Waals surface area (Å²) in [6.45, 7) is 4.30.